The van der Waals surface area contributed by atoms with Crippen molar-refractivity contribution in [2.24, 2.45) is 5.92 Å². The molecule has 2 amide bonds. The number of hydrogen-bond donors (Lipinski definition) is 1. The smallest absolute Gasteiger partial charge is 0.352 e. The van der Waals surface area contributed by atoms with Crippen LogP contribution in [-0.2, 0) is 15.8 Å². The van der Waals surface area contributed by atoms with Gasteiger partial charge in [-0.2, -0.15) is 13.2 Å². The maximum atomic E-state index is 12.6. The molecule has 1 heterocycles. The summed E-state index contributed by atoms with van der Waals surface area (Å²) in [5.41, 5.74) is 0.0126. The molecule has 4 nitrogen and oxygen atoms in total. The minimum absolute atomic E-state index is 0.0290. The third-order valence-corrected chi connectivity index (χ3v) is 4.35. The molecule has 1 unspecified atom stereocenters. The van der Waals surface area contributed by atoms with Crippen molar-refractivity contribution < 1.29 is 22.8 Å². The van der Waals surface area contributed by atoms with Crippen LogP contribution in [0.4, 0.5) is 13.2 Å². The predicted octanol–water partition coefficient (Wildman–Crippen LogP) is 2.96. The van der Waals surface area contributed by atoms with Gasteiger partial charge in [-0.15, -0.1) is 0 Å². The number of alkyl halides is 3. The van der Waals surface area contributed by atoms with Crippen molar-refractivity contribution in [2.75, 3.05) is 19.6 Å². The van der Waals surface area contributed by atoms with Gasteiger partial charge in [-0.05, 0) is 29.7 Å². The number of carbonyl (C=O) groups is 2. The Labute approximate surface area is 144 Å². The third kappa shape index (κ3) is 5.08. The van der Waals surface area contributed by atoms with Gasteiger partial charge in [0, 0.05) is 32.0 Å². The fourth-order valence-corrected chi connectivity index (χ4v) is 2.73. The van der Waals surface area contributed by atoms with Crippen molar-refractivity contribution in [2.45, 2.75) is 25.4 Å². The Hall–Kier alpha value is -2.31. The Bertz CT molecular complexity index is 635. The van der Waals surface area contributed by atoms with Crippen molar-refractivity contribution >= 4 is 11.8 Å². The number of halogens is 3. The second-order valence-corrected chi connectivity index (χ2v) is 6.34. The molecule has 0 aromatic heterocycles. The van der Waals surface area contributed by atoms with Gasteiger partial charge < -0.3 is 10.2 Å². The molecular weight excluding hydrogens is 333 g/mol. The van der Waals surface area contributed by atoms with Crippen LogP contribution in [0.15, 0.2) is 36.9 Å². The van der Waals surface area contributed by atoms with Crippen LogP contribution in [-0.4, -0.2) is 36.3 Å². The van der Waals surface area contributed by atoms with Crippen molar-refractivity contribution in [1.29, 1.82) is 0 Å². The maximum Gasteiger partial charge on any atom is 0.416 e. The van der Waals surface area contributed by atoms with Gasteiger partial charge in [-0.25, -0.2) is 0 Å². The number of nitrogens with zero attached hydrogens (tertiary/aromatic N) is 1. The van der Waals surface area contributed by atoms with E-state index >= 15 is 0 Å². The molecule has 0 bridgehead atoms. The third-order valence-electron chi connectivity index (χ3n) is 4.35. The zero-order chi connectivity index (χ0) is 18.6. The van der Waals surface area contributed by atoms with Crippen LogP contribution < -0.4 is 5.32 Å². The molecule has 2 rings (SSSR count). The Morgan fingerprint density at radius 3 is 2.44 bits per heavy atom. The summed E-state index contributed by atoms with van der Waals surface area (Å²) in [6, 6.07) is 4.92. The van der Waals surface area contributed by atoms with E-state index in [4.69, 9.17) is 0 Å². The predicted molar refractivity (Wildman–Crippen MR) is 87.8 cm³/mol. The van der Waals surface area contributed by atoms with Crippen LogP contribution >= 0.6 is 0 Å². The molecule has 0 spiro atoms. The molecule has 1 fully saturated rings. The number of nitrogens with one attached hydrogen (secondary N) is 1. The highest BCUT2D eigenvalue weighted by Gasteiger charge is 2.32. The number of likely N-dealkylation sites (tertiary alicyclic amines) is 1. The van der Waals surface area contributed by atoms with Gasteiger partial charge in [0.2, 0.25) is 11.8 Å². The lowest BCUT2D eigenvalue weighted by atomic mass is 9.93. The van der Waals surface area contributed by atoms with E-state index in [0.717, 1.165) is 12.1 Å². The molecule has 7 heteroatoms. The lowest BCUT2D eigenvalue weighted by Gasteiger charge is -2.39. The van der Waals surface area contributed by atoms with Gasteiger partial charge in [-0.3, -0.25) is 9.59 Å². The molecule has 0 saturated carbocycles. The summed E-state index contributed by atoms with van der Waals surface area (Å²) in [6.45, 7) is 6.85. The normalized spacial score (nSPS) is 16.1. The molecule has 25 heavy (non-hydrogen) atoms. The summed E-state index contributed by atoms with van der Waals surface area (Å²) in [6.07, 6.45) is -2.91. The van der Waals surface area contributed by atoms with E-state index < -0.39 is 11.7 Å². The Kier molecular flexibility index (Phi) is 5.87. The molecule has 1 aromatic rings. The van der Waals surface area contributed by atoms with Crippen LogP contribution in [0.1, 0.15) is 30.4 Å². The molecule has 1 aromatic carbocycles. The van der Waals surface area contributed by atoms with Crippen molar-refractivity contribution in [3.05, 3.63) is 48.0 Å². The molecule has 1 atom stereocenters. The van der Waals surface area contributed by atoms with Crippen molar-refractivity contribution in [3.63, 3.8) is 0 Å². The standard InChI is InChI=1S/C18H21F3N2O2/c1-3-16(24)22-9-13-10-23(11-13)17(25)8-12(2)14-4-6-15(7-5-14)18(19,20)21/h3-7,12-13H,1,8-11H2,2H3,(H,22,24). The first-order valence-electron chi connectivity index (χ1n) is 8.06. The Morgan fingerprint density at radius 1 is 1.32 bits per heavy atom. The first-order valence-corrected chi connectivity index (χ1v) is 8.06. The van der Waals surface area contributed by atoms with E-state index in [0.29, 0.717) is 25.2 Å². The van der Waals surface area contributed by atoms with E-state index in [-0.39, 0.29) is 30.1 Å². The maximum absolute atomic E-state index is 12.6. The minimum atomic E-state index is -4.36. The highest BCUT2D eigenvalue weighted by molar-refractivity contribution is 5.86. The monoisotopic (exact) mass is 354 g/mol. The summed E-state index contributed by atoms with van der Waals surface area (Å²) in [5.74, 6) is -0.192. The van der Waals surface area contributed by atoms with E-state index in [2.05, 4.69) is 11.9 Å². The molecule has 1 aliphatic rings. The molecule has 136 valence electrons. The average Bonchev–Trinajstić information content (AvgIpc) is 2.52. The van der Waals surface area contributed by atoms with Crippen LogP contribution in [0.3, 0.4) is 0 Å². The van der Waals surface area contributed by atoms with Crippen LogP contribution in [0.2, 0.25) is 0 Å². The second kappa shape index (κ2) is 7.72. The van der Waals surface area contributed by atoms with Crippen LogP contribution in [0.5, 0.6) is 0 Å². The number of rotatable bonds is 6. The van der Waals surface area contributed by atoms with Gasteiger partial charge in [0.1, 0.15) is 0 Å². The second-order valence-electron chi connectivity index (χ2n) is 6.34. The average molecular weight is 354 g/mol. The quantitative estimate of drug-likeness (QED) is 0.799. The SMILES string of the molecule is C=CC(=O)NCC1CN(C(=O)CC(C)c2ccc(C(F)(F)F)cc2)C1. The molecular formula is C18H21F3N2O2. The topological polar surface area (TPSA) is 49.4 Å². The van der Waals surface area contributed by atoms with Crippen LogP contribution in [0.25, 0.3) is 0 Å². The van der Waals surface area contributed by atoms with E-state index in [1.165, 1.54) is 18.2 Å². The number of benzene rings is 1. The van der Waals surface area contributed by atoms with Crippen LogP contribution in [0, 0.1) is 5.92 Å². The highest BCUT2D eigenvalue weighted by Crippen LogP contribution is 2.31. The van der Waals surface area contributed by atoms with Crippen molar-refractivity contribution in [3.8, 4) is 0 Å². The fraction of sp³-hybridized carbons (Fsp3) is 0.444. The van der Waals surface area contributed by atoms with E-state index in [9.17, 15) is 22.8 Å². The zero-order valence-electron chi connectivity index (χ0n) is 14.0. The molecule has 1 aliphatic heterocycles. The van der Waals surface area contributed by atoms with Gasteiger partial charge in [-0.1, -0.05) is 25.6 Å². The fourth-order valence-electron chi connectivity index (χ4n) is 2.73. The number of carbonyl (C=O) groups excluding carboxylic acids is 2. The largest absolute Gasteiger partial charge is 0.416 e. The van der Waals surface area contributed by atoms with Crippen molar-refractivity contribution in [1.82, 2.24) is 10.2 Å². The minimum Gasteiger partial charge on any atom is -0.352 e. The van der Waals surface area contributed by atoms with Gasteiger partial charge in [0.25, 0.3) is 0 Å². The summed E-state index contributed by atoms with van der Waals surface area (Å²) >= 11 is 0. The lowest BCUT2D eigenvalue weighted by Crippen LogP contribution is -2.53. The summed E-state index contributed by atoms with van der Waals surface area (Å²) in [7, 11) is 0. The summed E-state index contributed by atoms with van der Waals surface area (Å²) in [4.78, 5) is 25.0. The van der Waals surface area contributed by atoms with Gasteiger partial charge in [0.05, 0.1) is 5.56 Å². The van der Waals surface area contributed by atoms with Gasteiger partial charge >= 0.3 is 6.18 Å². The Morgan fingerprint density at radius 2 is 1.92 bits per heavy atom. The summed E-state index contributed by atoms with van der Waals surface area (Å²) in [5, 5.41) is 2.69. The highest BCUT2D eigenvalue weighted by atomic mass is 19.4. The number of hydrogen-bond acceptors (Lipinski definition) is 2. The van der Waals surface area contributed by atoms with E-state index in [1.807, 2.05) is 6.92 Å². The van der Waals surface area contributed by atoms with E-state index in [1.54, 1.807) is 4.90 Å². The first-order chi connectivity index (χ1) is 11.7. The molecule has 0 aliphatic carbocycles. The first kappa shape index (κ1) is 19.0. The lowest BCUT2D eigenvalue weighted by molar-refractivity contribution is -0.138. The number of amides is 2. The Balaban J connectivity index is 1.79. The summed E-state index contributed by atoms with van der Waals surface area (Å²) < 4.78 is 37.7. The zero-order valence-corrected chi connectivity index (χ0v) is 14.0. The van der Waals surface area contributed by atoms with Gasteiger partial charge in [0.15, 0.2) is 0 Å². The molecule has 1 saturated heterocycles. The molecule has 0 radical (unpaired) electrons. The molecule has 1 N–H and O–H groups in total.